The van der Waals surface area contributed by atoms with E-state index in [1.165, 1.54) is 39.1 Å². The molecule has 16 N–H and O–H groups in total. The van der Waals surface area contributed by atoms with Crippen molar-refractivity contribution in [2.75, 3.05) is 121 Å². The van der Waals surface area contributed by atoms with Gasteiger partial charge in [-0.15, -0.1) is 25.5 Å². The molecule has 0 aromatic carbocycles. The van der Waals surface area contributed by atoms with Gasteiger partial charge in [0, 0.05) is 107 Å². The molecule has 696 valence electrons. The van der Waals surface area contributed by atoms with Gasteiger partial charge in [-0.2, -0.15) is 32.1 Å². The zero-order chi connectivity index (χ0) is 94.9. The molecule has 54 heteroatoms. The van der Waals surface area contributed by atoms with E-state index in [2.05, 4.69) is 136 Å². The minimum Gasteiger partial charge on any atom is -0.381 e. The summed E-state index contributed by atoms with van der Waals surface area (Å²) in [6.45, 7) is 22.6. The van der Waals surface area contributed by atoms with Crippen molar-refractivity contribution in [3.8, 4) is 22.4 Å². The van der Waals surface area contributed by atoms with Crippen molar-refractivity contribution in [3.63, 3.8) is 0 Å². The number of anilines is 10. The Balaban J connectivity index is 0.000000122. The summed E-state index contributed by atoms with van der Waals surface area (Å²) in [6.07, 6.45) is 14.6. The van der Waals surface area contributed by atoms with Crippen LogP contribution < -0.4 is 60.6 Å². The molecule has 3 saturated heterocycles. The predicted molar refractivity (Wildman–Crippen MR) is 494 cm³/mol. The van der Waals surface area contributed by atoms with E-state index in [-0.39, 0.29) is 91.2 Å². The molecular weight excluding hydrogens is 1840 g/mol. The zero-order valence-corrected chi connectivity index (χ0v) is 77.1. The summed E-state index contributed by atoms with van der Waals surface area (Å²) < 4.78 is 103. The highest BCUT2D eigenvalue weighted by atomic mass is 32.1. The van der Waals surface area contributed by atoms with Gasteiger partial charge in [0.1, 0.15) is 52.8 Å². The number of morpholine rings is 1. The van der Waals surface area contributed by atoms with Gasteiger partial charge in [0.15, 0.2) is 86.4 Å². The quantitative estimate of drug-likeness (QED) is 0.0379. The van der Waals surface area contributed by atoms with Crippen LogP contribution >= 0.6 is 57.7 Å². The summed E-state index contributed by atoms with van der Waals surface area (Å²) in [7, 11) is 5.77. The van der Waals surface area contributed by atoms with E-state index in [0.29, 0.717) is 44.8 Å². The summed E-state index contributed by atoms with van der Waals surface area (Å²) >= 11 is 6.00. The lowest BCUT2D eigenvalue weighted by Gasteiger charge is -2.32. The number of carbonyl (C=O) groups is 5. The highest BCUT2D eigenvalue weighted by Crippen LogP contribution is 2.41. The van der Waals surface area contributed by atoms with Gasteiger partial charge in [0.05, 0.1) is 126 Å². The number of aromatic nitrogens is 24. The number of likely N-dealkylation sites (N-methyl/N-ethyl adjacent to an activating group) is 1. The molecule has 3 fully saturated rings. The van der Waals surface area contributed by atoms with Gasteiger partial charge >= 0.3 is 0 Å². The van der Waals surface area contributed by atoms with Gasteiger partial charge in [-0.25, -0.2) is 69.4 Å². The Labute approximate surface area is 776 Å². The highest BCUT2D eigenvalue weighted by molar-refractivity contribution is 7.12. The van der Waals surface area contributed by atoms with Crippen LogP contribution in [-0.4, -0.2) is 225 Å². The molecule has 0 bridgehead atoms. The Hall–Kier alpha value is -14.5. The number of piperazine rings is 1. The largest absolute Gasteiger partial charge is 0.381 e. The van der Waals surface area contributed by atoms with Gasteiger partial charge in [0.25, 0.3) is 29.5 Å². The van der Waals surface area contributed by atoms with E-state index in [4.69, 9.17) is 33.4 Å². The van der Waals surface area contributed by atoms with E-state index in [0.717, 1.165) is 247 Å². The Morgan fingerprint density at radius 2 is 0.761 bits per heavy atom. The Morgan fingerprint density at radius 1 is 0.418 bits per heavy atom. The molecule has 17 aromatic heterocycles. The second-order valence-electron chi connectivity index (χ2n) is 31.1. The first kappa shape index (κ1) is 92.7. The van der Waals surface area contributed by atoms with E-state index in [1.54, 1.807) is 9.36 Å². The van der Waals surface area contributed by atoms with Gasteiger partial charge in [-0.3, -0.25) is 43.1 Å². The highest BCUT2D eigenvalue weighted by Gasteiger charge is 2.33. The molecule has 0 radical (unpaired) electrons. The second-order valence-corrected chi connectivity index (χ2v) is 35.0. The number of amides is 5. The molecule has 3 aliphatic heterocycles. The molecule has 44 nitrogen and oxygen atoms in total. The van der Waals surface area contributed by atoms with Crippen LogP contribution in [0.5, 0.6) is 0 Å². The fraction of sp³-hybridized carbons (Fsp3) is 0.300. The topological polar surface area (TPSA) is 558 Å². The monoisotopic (exact) mass is 1930 g/mol. The molecule has 1 atom stereocenters. The minimum absolute atomic E-state index is 0.00236. The van der Waals surface area contributed by atoms with Crippen LogP contribution in [0.4, 0.5) is 76.0 Å². The number of rotatable bonds is 17. The lowest BCUT2D eigenvalue weighted by atomic mass is 10.1. The first-order valence-corrected chi connectivity index (χ1v) is 44.8. The Kier molecular flexibility index (Phi) is 27.1. The SMILES string of the molecule is Cc1cc(-c2c(C)nsc2NC(=O)c2c(N)nn3cc(F)cnc23)n(C)n1.Cc1nn(C)cc1-c1c(C)nsc1NC(=O)c1c(N)nn2cc(F)cnc12.Cc1nsc(NC(=O)c2c(N)nn3cc(F)cnc23)c1C1CCCN1.Cc1nsc(NC(=O)c2c(N)nn3cc(F)cnc23)c1CN1CCN(C)CC1.Cc1nsc(NC(=O)c2c(N)nn3cc(F)cnc23)c1CN1CCOCC1. The third-order valence-electron chi connectivity index (χ3n) is 21.6. The lowest BCUT2D eigenvalue weighted by molar-refractivity contribution is 0.0342. The number of nitrogens with zero attached hydrogens (tertiary/aromatic N) is 27. The van der Waals surface area contributed by atoms with E-state index >= 15 is 0 Å². The summed E-state index contributed by atoms with van der Waals surface area (Å²) in [5.74, 6) is -5.25. The molecular formula is C80H85F5N38O6S5. The fourth-order valence-corrected chi connectivity index (χ4v) is 19.2. The van der Waals surface area contributed by atoms with Crippen LogP contribution in [0.25, 0.3) is 50.6 Å². The maximum Gasteiger partial charge on any atom is 0.264 e. The van der Waals surface area contributed by atoms with E-state index in [1.807, 2.05) is 74.8 Å². The number of aryl methyl sites for hydroxylation is 9. The van der Waals surface area contributed by atoms with Crippen molar-refractivity contribution in [2.45, 2.75) is 80.4 Å². The summed E-state index contributed by atoms with van der Waals surface area (Å²) in [5.41, 5.74) is 42.9. The maximum absolute atomic E-state index is 13.3. The van der Waals surface area contributed by atoms with Crippen molar-refractivity contribution in [2.24, 2.45) is 14.1 Å². The van der Waals surface area contributed by atoms with E-state index < -0.39 is 58.6 Å². The molecule has 0 saturated carbocycles. The number of hydrogen-bond donors (Lipinski definition) is 11. The number of halogens is 5. The van der Waals surface area contributed by atoms with Crippen molar-refractivity contribution in [1.82, 2.24) is 134 Å². The van der Waals surface area contributed by atoms with Crippen molar-refractivity contribution in [1.29, 1.82) is 0 Å². The Morgan fingerprint density at radius 3 is 1.13 bits per heavy atom. The molecule has 3 aliphatic rings. The predicted octanol–water partition coefficient (Wildman–Crippen LogP) is 8.76. The van der Waals surface area contributed by atoms with Crippen molar-refractivity contribution in [3.05, 3.63) is 188 Å². The molecule has 5 amide bonds. The number of nitrogen functional groups attached to an aromatic ring is 5. The van der Waals surface area contributed by atoms with Gasteiger partial charge in [-0.05, 0) is 139 Å². The fourth-order valence-electron chi connectivity index (χ4n) is 15.1. The van der Waals surface area contributed by atoms with Crippen LogP contribution in [0.2, 0.25) is 0 Å². The van der Waals surface area contributed by atoms with Crippen molar-refractivity contribution >= 4 is 170 Å². The molecule has 0 spiro atoms. The lowest BCUT2D eigenvalue weighted by Crippen LogP contribution is -2.44. The van der Waals surface area contributed by atoms with Crippen LogP contribution in [-0.2, 0) is 31.9 Å². The number of fused-ring (bicyclic) bond motifs is 5. The van der Waals surface area contributed by atoms with Crippen LogP contribution in [0, 0.1) is 77.6 Å². The average molecular weight is 1930 g/mol. The number of hydrogen-bond acceptors (Lipinski definition) is 37. The van der Waals surface area contributed by atoms with Crippen LogP contribution in [0.3, 0.4) is 0 Å². The molecule has 20 heterocycles. The minimum atomic E-state index is -0.580. The molecule has 0 aliphatic carbocycles. The molecule has 17 aromatic rings. The van der Waals surface area contributed by atoms with E-state index in [9.17, 15) is 45.9 Å². The Bertz CT molecular complexity index is 7150. The standard InChI is InChI=1S/C17H21FN8OS.2C16H15FN8OS.C16H18FN7O2S.C15H16FN7OS/c1-10-12(9-25-5-3-24(2)4-6-25)17(28-23-10)21-16(27)13-14(19)22-26-8-11(18)7-20-15(13)26;1-7-10(6-24(3)21-7)11-8(2)23-27-16(11)20-15(26)12-13(18)22-25-5-9(17)4-19-14(12)25;1-7-4-10(24(3)21-7)11-8(2)23-27-16(11)20-15(26)12-13(18)22-25-6-9(17)5-19-14(12)25;1-9-11(8-23-2-4-26-5-3-23)16(27-22-9)20-15(25)12-13(18)21-24-7-10(17)6-19-14(12)24;1-7-10(9-3-2-4-18-9)15(25-22-7)20-14(24)11-12(17)21-23-6-8(16)5-19-13(11)23/h7-8H,3-6,9H2,1-2H3,(H2,19,22)(H,21,27);2*4-6H,1-3H3,(H2,18,22)(H,20,26);6-7H,2-5,8H2,1H3,(H2,18,21)(H,20,25);5-6,9,18H,2-4H2,1H3,(H2,17,21)(H,20,24). The first-order valence-electron chi connectivity index (χ1n) is 41.0. The third kappa shape index (κ3) is 19.7. The van der Waals surface area contributed by atoms with Crippen molar-refractivity contribution < 1.29 is 50.7 Å². The summed E-state index contributed by atoms with van der Waals surface area (Å²) in [5, 5.41) is 49.3. The zero-order valence-electron chi connectivity index (χ0n) is 73.0. The normalized spacial score (nSPS) is 14.2. The van der Waals surface area contributed by atoms with Crippen LogP contribution in [0.1, 0.15) is 127 Å². The molecule has 1 unspecified atom stereocenters. The number of nitrogens with one attached hydrogen (secondary N) is 6. The number of nitrogens with two attached hydrogens (primary N) is 5. The average Bonchev–Trinajstić information content (AvgIpc) is 1.63. The van der Waals surface area contributed by atoms with Gasteiger partial charge in [0.2, 0.25) is 0 Å². The number of carbonyl (C=O) groups excluding carboxylic acids is 5. The first-order chi connectivity index (χ1) is 64.2. The van der Waals surface area contributed by atoms with Gasteiger partial charge < -0.3 is 70.2 Å². The summed E-state index contributed by atoms with van der Waals surface area (Å²) in [4.78, 5) is 90.7. The maximum atomic E-state index is 13.3. The smallest absolute Gasteiger partial charge is 0.264 e. The van der Waals surface area contributed by atoms with Gasteiger partial charge in [-0.1, -0.05) is 0 Å². The number of ether oxygens (including phenoxy) is 1. The second kappa shape index (κ2) is 39.1. The molecule has 134 heavy (non-hydrogen) atoms. The van der Waals surface area contributed by atoms with Crippen LogP contribution in [0.15, 0.2) is 74.2 Å². The summed E-state index contributed by atoms with van der Waals surface area (Å²) in [6, 6.07) is 2.10. The molecule has 20 rings (SSSR count). The third-order valence-corrected chi connectivity index (χ3v) is 26.0.